The number of hydrogen-bond acceptors (Lipinski definition) is 7. The second kappa shape index (κ2) is 10.0. The SMILES string of the molecule is COc1cccc(C2/C(=C(\O)c3ccc(OC)c(C(C)(C)C)c3)C(=O)C(=O)N2c2ccc3c(c2)OCCO3)c1. The second-order valence-corrected chi connectivity index (χ2v) is 10.4. The number of methoxy groups -OCH3 is 2. The molecule has 0 radical (unpaired) electrons. The quantitative estimate of drug-likeness (QED) is 0.269. The average Bonchev–Trinajstić information content (AvgIpc) is 3.21. The summed E-state index contributed by atoms with van der Waals surface area (Å²) in [6.07, 6.45) is 0. The van der Waals surface area contributed by atoms with Gasteiger partial charge in [-0.25, -0.2) is 0 Å². The lowest BCUT2D eigenvalue weighted by molar-refractivity contribution is -0.132. The summed E-state index contributed by atoms with van der Waals surface area (Å²) in [5.74, 6) is 0.450. The first-order valence-corrected chi connectivity index (χ1v) is 12.7. The van der Waals surface area contributed by atoms with Crippen molar-refractivity contribution in [3.05, 3.63) is 82.9 Å². The van der Waals surface area contributed by atoms with Crippen molar-refractivity contribution in [3.63, 3.8) is 0 Å². The Morgan fingerprint density at radius 2 is 1.67 bits per heavy atom. The summed E-state index contributed by atoms with van der Waals surface area (Å²) in [7, 11) is 3.13. The van der Waals surface area contributed by atoms with E-state index in [1.165, 1.54) is 4.90 Å². The molecule has 39 heavy (non-hydrogen) atoms. The van der Waals surface area contributed by atoms with E-state index in [1.54, 1.807) is 74.9 Å². The van der Waals surface area contributed by atoms with Gasteiger partial charge in [0.2, 0.25) is 0 Å². The number of amides is 1. The number of Topliss-reactive ketones (excluding diaryl/α,β-unsaturated/α-hetero) is 1. The molecular weight excluding hydrogens is 498 g/mol. The van der Waals surface area contributed by atoms with E-state index in [9.17, 15) is 14.7 Å². The Kier molecular flexibility index (Phi) is 6.72. The van der Waals surface area contributed by atoms with Gasteiger partial charge in [0.25, 0.3) is 11.7 Å². The maximum absolute atomic E-state index is 13.6. The number of aliphatic hydroxyl groups is 1. The molecule has 3 aromatic rings. The standard InChI is InChI=1S/C31H31NO7/c1-31(2,3)22-16-19(9-11-23(22)37-5)28(33)26-27(18-7-6-8-21(15-18)36-4)32(30(35)29(26)34)20-10-12-24-25(17-20)39-14-13-38-24/h6-12,15-17,27,33H,13-14H2,1-5H3/b28-26+. The largest absolute Gasteiger partial charge is 0.507 e. The van der Waals surface area contributed by atoms with Gasteiger partial charge in [-0.05, 0) is 53.4 Å². The molecule has 1 fully saturated rings. The van der Waals surface area contributed by atoms with E-state index in [0.29, 0.717) is 53.0 Å². The van der Waals surface area contributed by atoms with E-state index in [0.717, 1.165) is 5.56 Å². The third kappa shape index (κ3) is 4.67. The molecular formula is C31H31NO7. The van der Waals surface area contributed by atoms with Crippen molar-refractivity contribution >= 4 is 23.1 Å². The number of carbonyl (C=O) groups excluding carboxylic acids is 2. The lowest BCUT2D eigenvalue weighted by Crippen LogP contribution is -2.29. The summed E-state index contributed by atoms with van der Waals surface area (Å²) >= 11 is 0. The molecule has 0 aromatic heterocycles. The van der Waals surface area contributed by atoms with Crippen LogP contribution in [0.25, 0.3) is 5.76 Å². The molecule has 5 rings (SSSR count). The number of anilines is 1. The minimum atomic E-state index is -0.914. The van der Waals surface area contributed by atoms with Gasteiger partial charge in [-0.3, -0.25) is 14.5 Å². The number of benzene rings is 3. The highest BCUT2D eigenvalue weighted by atomic mass is 16.6. The van der Waals surface area contributed by atoms with E-state index in [-0.39, 0.29) is 16.7 Å². The zero-order valence-electron chi connectivity index (χ0n) is 22.6. The van der Waals surface area contributed by atoms with Crippen molar-refractivity contribution in [1.29, 1.82) is 0 Å². The van der Waals surface area contributed by atoms with E-state index in [4.69, 9.17) is 18.9 Å². The van der Waals surface area contributed by atoms with E-state index in [2.05, 4.69) is 0 Å². The van der Waals surface area contributed by atoms with E-state index in [1.807, 2.05) is 20.8 Å². The Hall–Kier alpha value is -4.46. The lowest BCUT2D eigenvalue weighted by atomic mass is 9.84. The first-order valence-electron chi connectivity index (χ1n) is 12.7. The molecule has 1 N–H and O–H groups in total. The van der Waals surface area contributed by atoms with Crippen LogP contribution in [0.15, 0.2) is 66.2 Å². The van der Waals surface area contributed by atoms with Crippen molar-refractivity contribution in [2.24, 2.45) is 0 Å². The number of hydrogen-bond donors (Lipinski definition) is 1. The molecule has 2 aliphatic rings. The highest BCUT2D eigenvalue weighted by Gasteiger charge is 2.47. The predicted molar refractivity (Wildman–Crippen MR) is 147 cm³/mol. The first kappa shape index (κ1) is 26.2. The fraction of sp³-hybridized carbons (Fsp3) is 0.290. The maximum Gasteiger partial charge on any atom is 0.300 e. The molecule has 1 unspecified atom stereocenters. The van der Waals surface area contributed by atoms with Crippen molar-refractivity contribution in [2.45, 2.75) is 32.2 Å². The van der Waals surface area contributed by atoms with Crippen LogP contribution in [-0.4, -0.2) is 44.2 Å². The van der Waals surface area contributed by atoms with Gasteiger partial charge in [-0.15, -0.1) is 0 Å². The summed E-state index contributed by atoms with van der Waals surface area (Å²) < 4.78 is 22.3. The summed E-state index contributed by atoms with van der Waals surface area (Å²) in [5, 5.41) is 11.6. The zero-order chi connectivity index (χ0) is 27.9. The fourth-order valence-electron chi connectivity index (χ4n) is 5.00. The molecule has 1 atom stereocenters. The Labute approximate surface area is 227 Å². The van der Waals surface area contributed by atoms with E-state index >= 15 is 0 Å². The average molecular weight is 530 g/mol. The van der Waals surface area contributed by atoms with Gasteiger partial charge in [-0.2, -0.15) is 0 Å². The summed E-state index contributed by atoms with van der Waals surface area (Å²) in [6, 6.07) is 16.5. The van der Waals surface area contributed by atoms with Crippen LogP contribution in [-0.2, 0) is 15.0 Å². The van der Waals surface area contributed by atoms with Crippen molar-refractivity contribution in [1.82, 2.24) is 0 Å². The normalized spacial score (nSPS) is 18.3. The van der Waals surface area contributed by atoms with Crippen LogP contribution in [0.4, 0.5) is 5.69 Å². The van der Waals surface area contributed by atoms with Crippen molar-refractivity contribution < 1.29 is 33.6 Å². The molecule has 0 spiro atoms. The van der Waals surface area contributed by atoms with Gasteiger partial charge in [0.1, 0.15) is 30.5 Å². The fourth-order valence-corrected chi connectivity index (χ4v) is 5.00. The van der Waals surface area contributed by atoms with Gasteiger partial charge in [0.15, 0.2) is 11.5 Å². The number of rotatable bonds is 5. The molecule has 0 aliphatic carbocycles. The number of carbonyl (C=O) groups is 2. The monoisotopic (exact) mass is 529 g/mol. The number of nitrogens with zero attached hydrogens (tertiary/aromatic N) is 1. The Balaban J connectivity index is 1.72. The highest BCUT2D eigenvalue weighted by molar-refractivity contribution is 6.51. The third-order valence-electron chi connectivity index (χ3n) is 6.94. The minimum absolute atomic E-state index is 0.0202. The lowest BCUT2D eigenvalue weighted by Gasteiger charge is -2.27. The summed E-state index contributed by atoms with van der Waals surface area (Å²) in [6.45, 7) is 6.91. The number of aliphatic hydroxyl groups excluding tert-OH is 1. The second-order valence-electron chi connectivity index (χ2n) is 10.4. The molecule has 1 saturated heterocycles. The minimum Gasteiger partial charge on any atom is -0.507 e. The Bertz CT molecular complexity index is 1480. The van der Waals surface area contributed by atoms with Crippen LogP contribution in [0.2, 0.25) is 0 Å². The van der Waals surface area contributed by atoms with Crippen molar-refractivity contribution in [3.8, 4) is 23.0 Å². The zero-order valence-corrected chi connectivity index (χ0v) is 22.6. The molecule has 8 heteroatoms. The van der Waals surface area contributed by atoms with Gasteiger partial charge >= 0.3 is 0 Å². The van der Waals surface area contributed by atoms with Gasteiger partial charge in [-0.1, -0.05) is 32.9 Å². The topological polar surface area (TPSA) is 94.5 Å². The molecule has 0 bridgehead atoms. The van der Waals surface area contributed by atoms with Crippen LogP contribution < -0.4 is 23.8 Å². The summed E-state index contributed by atoms with van der Waals surface area (Å²) in [4.78, 5) is 28.6. The van der Waals surface area contributed by atoms with Gasteiger partial charge in [0, 0.05) is 22.9 Å². The van der Waals surface area contributed by atoms with E-state index < -0.39 is 17.7 Å². The van der Waals surface area contributed by atoms with Crippen LogP contribution in [0.5, 0.6) is 23.0 Å². The van der Waals surface area contributed by atoms with Crippen LogP contribution >= 0.6 is 0 Å². The molecule has 2 heterocycles. The van der Waals surface area contributed by atoms with Crippen molar-refractivity contribution in [2.75, 3.05) is 32.3 Å². The molecule has 1 amide bonds. The predicted octanol–water partition coefficient (Wildman–Crippen LogP) is 5.40. The number of ketones is 1. The molecule has 8 nitrogen and oxygen atoms in total. The highest BCUT2D eigenvalue weighted by Crippen LogP contribution is 2.45. The van der Waals surface area contributed by atoms with Crippen LogP contribution in [0, 0.1) is 0 Å². The van der Waals surface area contributed by atoms with Crippen LogP contribution in [0.1, 0.15) is 43.5 Å². The summed E-state index contributed by atoms with van der Waals surface area (Å²) in [5.41, 5.74) is 1.99. The molecule has 3 aromatic carbocycles. The third-order valence-corrected chi connectivity index (χ3v) is 6.94. The number of ether oxygens (including phenoxy) is 4. The number of fused-ring (bicyclic) bond motifs is 1. The Morgan fingerprint density at radius 3 is 2.36 bits per heavy atom. The Morgan fingerprint density at radius 1 is 0.923 bits per heavy atom. The molecule has 0 saturated carbocycles. The maximum atomic E-state index is 13.6. The van der Waals surface area contributed by atoms with Gasteiger partial charge in [0.05, 0.1) is 25.8 Å². The van der Waals surface area contributed by atoms with Crippen LogP contribution in [0.3, 0.4) is 0 Å². The molecule has 2 aliphatic heterocycles. The smallest absolute Gasteiger partial charge is 0.300 e. The molecule has 202 valence electrons. The first-order chi connectivity index (χ1) is 18.6. The van der Waals surface area contributed by atoms with Gasteiger partial charge < -0.3 is 24.1 Å².